The molecule has 7 nitrogen and oxygen atoms in total. The van der Waals surface area contributed by atoms with E-state index in [0.717, 1.165) is 10.5 Å². The Hall–Kier alpha value is -3.19. The summed E-state index contributed by atoms with van der Waals surface area (Å²) in [4.78, 5) is 40.4. The van der Waals surface area contributed by atoms with Gasteiger partial charge in [0, 0.05) is 18.7 Å². The van der Waals surface area contributed by atoms with E-state index >= 15 is 0 Å². The summed E-state index contributed by atoms with van der Waals surface area (Å²) in [5, 5.41) is 13.7. The number of aryl methyl sites for hydroxylation is 1. The number of carbonyl (C=O) groups excluding carboxylic acids is 3. The highest BCUT2D eigenvalue weighted by atomic mass is 16.5. The predicted octanol–water partition coefficient (Wildman–Crippen LogP) is 1.64. The van der Waals surface area contributed by atoms with Crippen molar-refractivity contribution >= 4 is 17.8 Å². The summed E-state index contributed by atoms with van der Waals surface area (Å²) in [7, 11) is 2.68. The van der Waals surface area contributed by atoms with Crippen LogP contribution < -0.4 is 5.32 Å². The normalized spacial score (nSPS) is 28.5. The molecular formula is C22H22N2O5. The van der Waals surface area contributed by atoms with Crippen LogP contribution in [0.3, 0.4) is 0 Å². The van der Waals surface area contributed by atoms with Crippen molar-refractivity contribution in [3.8, 4) is 5.75 Å². The van der Waals surface area contributed by atoms with E-state index in [4.69, 9.17) is 4.74 Å². The van der Waals surface area contributed by atoms with Gasteiger partial charge in [-0.1, -0.05) is 48.0 Å². The SMILES string of the molecule is COC(=O)[C@]1(c2ccccc2)N[C@H](c2cc(C)ccc2O)[C@@H]2C(=O)N(C)C(=O)[C@@H]21. The number of hydrogen-bond acceptors (Lipinski definition) is 6. The van der Waals surface area contributed by atoms with E-state index < -0.39 is 35.3 Å². The molecule has 2 amide bonds. The van der Waals surface area contributed by atoms with Crippen molar-refractivity contribution in [2.45, 2.75) is 18.5 Å². The van der Waals surface area contributed by atoms with Crippen LogP contribution in [0, 0.1) is 18.8 Å². The molecule has 0 saturated carbocycles. The maximum atomic E-state index is 13.1. The Morgan fingerprint density at radius 3 is 2.48 bits per heavy atom. The molecule has 0 aromatic heterocycles. The van der Waals surface area contributed by atoms with Gasteiger partial charge in [-0.25, -0.2) is 4.79 Å². The largest absolute Gasteiger partial charge is 0.508 e. The summed E-state index contributed by atoms with van der Waals surface area (Å²) >= 11 is 0. The third-order valence-electron chi connectivity index (χ3n) is 6.03. The summed E-state index contributed by atoms with van der Waals surface area (Å²) < 4.78 is 5.11. The molecule has 0 radical (unpaired) electrons. The van der Waals surface area contributed by atoms with E-state index in [1.807, 2.05) is 6.92 Å². The minimum atomic E-state index is -1.54. The number of imide groups is 1. The molecule has 2 aromatic carbocycles. The quantitative estimate of drug-likeness (QED) is 0.607. The highest BCUT2D eigenvalue weighted by Gasteiger charge is 2.69. The lowest BCUT2D eigenvalue weighted by Gasteiger charge is -2.32. The third-order valence-corrected chi connectivity index (χ3v) is 6.03. The number of aromatic hydroxyl groups is 1. The van der Waals surface area contributed by atoms with Crippen molar-refractivity contribution in [2.75, 3.05) is 14.2 Å². The van der Waals surface area contributed by atoms with Crippen LogP contribution in [0.4, 0.5) is 0 Å². The second kappa shape index (κ2) is 6.70. The van der Waals surface area contributed by atoms with Crippen LogP contribution in [0.25, 0.3) is 0 Å². The summed E-state index contributed by atoms with van der Waals surface area (Å²) in [6.07, 6.45) is 0. The Morgan fingerprint density at radius 2 is 1.83 bits per heavy atom. The summed E-state index contributed by atoms with van der Waals surface area (Å²) in [6, 6.07) is 13.1. The molecule has 2 aliphatic rings. The number of amides is 2. The Kier molecular flexibility index (Phi) is 4.42. The smallest absolute Gasteiger partial charge is 0.331 e. The molecule has 0 bridgehead atoms. The van der Waals surface area contributed by atoms with Gasteiger partial charge in [0.1, 0.15) is 5.75 Å². The number of rotatable bonds is 3. The van der Waals surface area contributed by atoms with Gasteiger partial charge in [-0.05, 0) is 18.6 Å². The van der Waals surface area contributed by atoms with Gasteiger partial charge < -0.3 is 9.84 Å². The number of carbonyl (C=O) groups is 3. The summed E-state index contributed by atoms with van der Waals surface area (Å²) in [5.41, 5.74) is 0.349. The van der Waals surface area contributed by atoms with Gasteiger partial charge in [0.25, 0.3) is 0 Å². The first kappa shape index (κ1) is 19.1. The van der Waals surface area contributed by atoms with E-state index in [-0.39, 0.29) is 11.7 Å². The number of likely N-dealkylation sites (tertiary alicyclic amines) is 1. The monoisotopic (exact) mass is 394 g/mol. The lowest BCUT2D eigenvalue weighted by Crippen LogP contribution is -2.53. The van der Waals surface area contributed by atoms with Crippen LogP contribution in [0.15, 0.2) is 48.5 Å². The second-order valence-corrected chi connectivity index (χ2v) is 7.59. The molecule has 0 aliphatic carbocycles. The number of nitrogens with one attached hydrogen (secondary N) is 1. The number of esters is 1. The molecule has 0 spiro atoms. The molecule has 4 atom stereocenters. The summed E-state index contributed by atoms with van der Waals surface area (Å²) in [6.45, 7) is 1.87. The molecule has 2 aliphatic heterocycles. The fourth-order valence-electron chi connectivity index (χ4n) is 4.67. The van der Waals surface area contributed by atoms with Crippen molar-refractivity contribution in [2.24, 2.45) is 11.8 Å². The van der Waals surface area contributed by atoms with Crippen LogP contribution in [0.2, 0.25) is 0 Å². The molecule has 2 heterocycles. The van der Waals surface area contributed by atoms with Crippen LogP contribution in [-0.4, -0.2) is 41.9 Å². The molecule has 2 fully saturated rings. The van der Waals surface area contributed by atoms with Gasteiger partial charge in [-0.15, -0.1) is 0 Å². The van der Waals surface area contributed by atoms with Gasteiger partial charge in [0.15, 0.2) is 5.54 Å². The highest BCUT2D eigenvalue weighted by Crippen LogP contribution is 2.54. The van der Waals surface area contributed by atoms with Crippen LogP contribution in [0.5, 0.6) is 5.75 Å². The first-order valence-corrected chi connectivity index (χ1v) is 9.35. The number of phenolic OH excluding ortho intramolecular Hbond substituents is 1. The van der Waals surface area contributed by atoms with Crippen LogP contribution >= 0.6 is 0 Å². The molecule has 0 unspecified atom stereocenters. The Bertz CT molecular complexity index is 1010. The van der Waals surface area contributed by atoms with Gasteiger partial charge >= 0.3 is 5.97 Å². The zero-order valence-electron chi connectivity index (χ0n) is 16.4. The lowest BCUT2D eigenvalue weighted by atomic mass is 9.75. The van der Waals surface area contributed by atoms with Crippen LogP contribution in [-0.2, 0) is 24.7 Å². The Morgan fingerprint density at radius 1 is 1.14 bits per heavy atom. The molecule has 2 saturated heterocycles. The average Bonchev–Trinajstić information content (AvgIpc) is 3.20. The zero-order chi connectivity index (χ0) is 20.9. The topological polar surface area (TPSA) is 95.9 Å². The fraction of sp³-hybridized carbons (Fsp3) is 0.318. The van der Waals surface area contributed by atoms with E-state index in [1.54, 1.807) is 48.5 Å². The predicted molar refractivity (Wildman–Crippen MR) is 104 cm³/mol. The number of ether oxygens (including phenoxy) is 1. The van der Waals surface area contributed by atoms with E-state index in [1.165, 1.54) is 14.2 Å². The lowest BCUT2D eigenvalue weighted by molar-refractivity contribution is -0.154. The molecule has 150 valence electrons. The maximum absolute atomic E-state index is 13.1. The second-order valence-electron chi connectivity index (χ2n) is 7.59. The first-order valence-electron chi connectivity index (χ1n) is 9.35. The molecule has 2 N–H and O–H groups in total. The van der Waals surface area contributed by atoms with E-state index in [0.29, 0.717) is 11.1 Å². The van der Waals surface area contributed by atoms with E-state index in [2.05, 4.69) is 5.32 Å². The minimum Gasteiger partial charge on any atom is -0.508 e. The number of fused-ring (bicyclic) bond motifs is 1. The van der Waals surface area contributed by atoms with Crippen molar-refractivity contribution in [3.05, 3.63) is 65.2 Å². The minimum absolute atomic E-state index is 0.00428. The molecule has 2 aromatic rings. The number of phenols is 1. The number of benzene rings is 2. The van der Waals surface area contributed by atoms with Gasteiger partial charge in [0.05, 0.1) is 18.9 Å². The molecule has 4 rings (SSSR count). The van der Waals surface area contributed by atoms with Crippen LogP contribution in [0.1, 0.15) is 22.7 Å². The molecule has 7 heteroatoms. The fourth-order valence-corrected chi connectivity index (χ4v) is 4.67. The Labute approximate surface area is 168 Å². The molecular weight excluding hydrogens is 372 g/mol. The van der Waals surface area contributed by atoms with Gasteiger partial charge in [-0.2, -0.15) is 0 Å². The number of methoxy groups -OCH3 is 1. The molecule has 29 heavy (non-hydrogen) atoms. The van der Waals surface area contributed by atoms with Crippen molar-refractivity contribution in [1.82, 2.24) is 10.2 Å². The standard InChI is InChI=1S/C22H22N2O5/c1-12-9-10-15(25)14(11-12)18-16-17(20(27)24(2)19(16)26)22(23-18,21(28)29-3)13-7-5-4-6-8-13/h4-11,16-18,23,25H,1-3H3/t16-,17-,18-,22-/m1/s1. The van der Waals surface area contributed by atoms with Gasteiger partial charge in [-0.3, -0.25) is 19.8 Å². The van der Waals surface area contributed by atoms with Gasteiger partial charge in [0.2, 0.25) is 11.8 Å². The summed E-state index contributed by atoms with van der Waals surface area (Å²) in [5.74, 6) is -3.32. The highest BCUT2D eigenvalue weighted by molar-refractivity contribution is 6.09. The average molecular weight is 394 g/mol. The first-order chi connectivity index (χ1) is 13.8. The zero-order valence-corrected chi connectivity index (χ0v) is 16.4. The number of hydrogen-bond donors (Lipinski definition) is 2. The third kappa shape index (κ3) is 2.57. The van der Waals surface area contributed by atoms with Crippen molar-refractivity contribution in [1.29, 1.82) is 0 Å². The maximum Gasteiger partial charge on any atom is 0.331 e. The van der Waals surface area contributed by atoms with Crippen molar-refractivity contribution in [3.63, 3.8) is 0 Å². The number of nitrogens with zero attached hydrogens (tertiary/aromatic N) is 1. The van der Waals surface area contributed by atoms with Crippen molar-refractivity contribution < 1.29 is 24.2 Å². The van der Waals surface area contributed by atoms with E-state index in [9.17, 15) is 19.5 Å². The Balaban J connectivity index is 1.98.